The first-order chi connectivity index (χ1) is 10.0. The SMILES string of the molecule is COCc1cc(CNS(=O)(=O)c2ccccc2)ccc1F. The second-order valence-corrected chi connectivity index (χ2v) is 6.26. The van der Waals surface area contributed by atoms with Crippen LogP contribution in [0, 0.1) is 5.82 Å². The molecule has 0 aliphatic carbocycles. The Morgan fingerprint density at radius 2 is 1.86 bits per heavy atom. The Bertz CT molecular complexity index is 702. The number of hydrogen-bond acceptors (Lipinski definition) is 3. The van der Waals surface area contributed by atoms with Gasteiger partial charge in [-0.1, -0.05) is 24.3 Å². The Hall–Kier alpha value is -1.76. The molecule has 0 amide bonds. The molecule has 4 nitrogen and oxygen atoms in total. The van der Waals surface area contributed by atoms with Crippen LogP contribution in [0.15, 0.2) is 53.4 Å². The van der Waals surface area contributed by atoms with Crippen molar-refractivity contribution in [1.82, 2.24) is 4.72 Å². The molecule has 0 saturated carbocycles. The fourth-order valence-corrected chi connectivity index (χ4v) is 2.90. The Balaban J connectivity index is 2.11. The second kappa shape index (κ2) is 6.80. The monoisotopic (exact) mass is 309 g/mol. The van der Waals surface area contributed by atoms with Crippen LogP contribution in [0.5, 0.6) is 0 Å². The van der Waals surface area contributed by atoms with E-state index in [2.05, 4.69) is 4.72 Å². The summed E-state index contributed by atoms with van der Waals surface area (Å²) in [6, 6.07) is 12.5. The minimum absolute atomic E-state index is 0.0915. The van der Waals surface area contributed by atoms with Gasteiger partial charge in [0.15, 0.2) is 0 Å². The predicted molar refractivity (Wildman–Crippen MR) is 77.6 cm³/mol. The van der Waals surface area contributed by atoms with Crippen LogP contribution in [0.2, 0.25) is 0 Å². The fraction of sp³-hybridized carbons (Fsp3) is 0.200. The summed E-state index contributed by atoms with van der Waals surface area (Å²) in [5.41, 5.74) is 1.07. The number of halogens is 1. The van der Waals surface area contributed by atoms with Gasteiger partial charge in [0.25, 0.3) is 0 Å². The number of benzene rings is 2. The molecule has 6 heteroatoms. The summed E-state index contributed by atoms with van der Waals surface area (Å²) in [5, 5.41) is 0. The van der Waals surface area contributed by atoms with Gasteiger partial charge >= 0.3 is 0 Å². The quantitative estimate of drug-likeness (QED) is 0.892. The van der Waals surface area contributed by atoms with E-state index in [1.807, 2.05) is 0 Å². The van der Waals surface area contributed by atoms with E-state index in [0.29, 0.717) is 11.1 Å². The maximum absolute atomic E-state index is 13.5. The van der Waals surface area contributed by atoms with Crippen LogP contribution >= 0.6 is 0 Å². The van der Waals surface area contributed by atoms with E-state index in [4.69, 9.17) is 4.74 Å². The zero-order valence-electron chi connectivity index (χ0n) is 11.5. The molecule has 21 heavy (non-hydrogen) atoms. The molecule has 0 radical (unpaired) electrons. The topological polar surface area (TPSA) is 55.4 Å². The molecule has 2 rings (SSSR count). The minimum atomic E-state index is -3.57. The molecule has 0 heterocycles. The van der Waals surface area contributed by atoms with E-state index in [9.17, 15) is 12.8 Å². The van der Waals surface area contributed by atoms with E-state index in [-0.39, 0.29) is 23.9 Å². The van der Waals surface area contributed by atoms with Crippen molar-refractivity contribution in [2.45, 2.75) is 18.0 Å². The van der Waals surface area contributed by atoms with Crippen LogP contribution in [-0.4, -0.2) is 15.5 Å². The van der Waals surface area contributed by atoms with Gasteiger partial charge < -0.3 is 4.74 Å². The van der Waals surface area contributed by atoms with Crippen molar-refractivity contribution in [3.05, 3.63) is 65.5 Å². The first-order valence-electron chi connectivity index (χ1n) is 6.34. The van der Waals surface area contributed by atoms with Gasteiger partial charge in [-0.3, -0.25) is 0 Å². The van der Waals surface area contributed by atoms with Gasteiger partial charge in [-0.15, -0.1) is 0 Å². The summed E-state index contributed by atoms with van der Waals surface area (Å²) >= 11 is 0. The van der Waals surface area contributed by atoms with Gasteiger partial charge in [-0.2, -0.15) is 0 Å². The van der Waals surface area contributed by atoms with Crippen LogP contribution in [-0.2, 0) is 27.9 Å². The molecule has 112 valence electrons. The van der Waals surface area contributed by atoms with Crippen molar-refractivity contribution in [2.24, 2.45) is 0 Å². The molecule has 0 aliphatic heterocycles. The summed E-state index contributed by atoms with van der Waals surface area (Å²) in [7, 11) is -2.09. The highest BCUT2D eigenvalue weighted by Crippen LogP contribution is 2.13. The minimum Gasteiger partial charge on any atom is -0.380 e. The number of ether oxygens (including phenoxy) is 1. The highest BCUT2D eigenvalue weighted by atomic mass is 32.2. The number of rotatable bonds is 6. The van der Waals surface area contributed by atoms with Crippen molar-refractivity contribution in [3.8, 4) is 0 Å². The number of sulfonamides is 1. The van der Waals surface area contributed by atoms with Gasteiger partial charge in [0.05, 0.1) is 11.5 Å². The lowest BCUT2D eigenvalue weighted by Crippen LogP contribution is -2.23. The third kappa shape index (κ3) is 4.10. The van der Waals surface area contributed by atoms with Crippen molar-refractivity contribution in [3.63, 3.8) is 0 Å². The second-order valence-electron chi connectivity index (χ2n) is 4.50. The van der Waals surface area contributed by atoms with Crippen LogP contribution in [0.3, 0.4) is 0 Å². The highest BCUT2D eigenvalue weighted by Gasteiger charge is 2.13. The summed E-state index contributed by atoms with van der Waals surface area (Å²) in [5.74, 6) is -0.369. The lowest BCUT2D eigenvalue weighted by molar-refractivity contribution is 0.181. The largest absolute Gasteiger partial charge is 0.380 e. The van der Waals surface area contributed by atoms with E-state index in [1.165, 1.54) is 25.3 Å². The van der Waals surface area contributed by atoms with Gasteiger partial charge in [-0.05, 0) is 29.8 Å². The molecule has 0 unspecified atom stereocenters. The summed E-state index contributed by atoms with van der Waals surface area (Å²) in [4.78, 5) is 0.198. The first-order valence-corrected chi connectivity index (χ1v) is 7.82. The van der Waals surface area contributed by atoms with Gasteiger partial charge in [-0.25, -0.2) is 17.5 Å². The van der Waals surface area contributed by atoms with Gasteiger partial charge in [0.1, 0.15) is 5.82 Å². The number of nitrogens with one attached hydrogen (secondary N) is 1. The molecule has 0 saturated heterocycles. The Kier molecular flexibility index (Phi) is 5.06. The van der Waals surface area contributed by atoms with E-state index >= 15 is 0 Å². The Morgan fingerprint density at radius 1 is 1.14 bits per heavy atom. The molecule has 2 aromatic carbocycles. The van der Waals surface area contributed by atoms with Crippen molar-refractivity contribution < 1.29 is 17.5 Å². The molecule has 0 fully saturated rings. The molecule has 0 bridgehead atoms. The zero-order chi connectivity index (χ0) is 15.3. The summed E-state index contributed by atoms with van der Waals surface area (Å²) < 4.78 is 45.0. The smallest absolute Gasteiger partial charge is 0.240 e. The van der Waals surface area contributed by atoms with Crippen molar-refractivity contribution in [1.29, 1.82) is 0 Å². The standard InChI is InChI=1S/C15H16FNO3S/c1-20-11-13-9-12(7-8-15(13)16)10-17-21(18,19)14-5-3-2-4-6-14/h2-9,17H,10-11H2,1H3. The average molecular weight is 309 g/mol. The van der Waals surface area contributed by atoms with Crippen LogP contribution in [0.4, 0.5) is 4.39 Å². The predicted octanol–water partition coefficient (Wildman–Crippen LogP) is 2.45. The molecule has 0 aromatic heterocycles. The van der Waals surface area contributed by atoms with Crippen molar-refractivity contribution >= 4 is 10.0 Å². The van der Waals surface area contributed by atoms with Gasteiger partial charge in [0.2, 0.25) is 10.0 Å². The van der Waals surface area contributed by atoms with Crippen LogP contribution in [0.25, 0.3) is 0 Å². The number of hydrogen-bond donors (Lipinski definition) is 1. The fourth-order valence-electron chi connectivity index (χ4n) is 1.87. The average Bonchev–Trinajstić information content (AvgIpc) is 2.49. The van der Waals surface area contributed by atoms with Gasteiger partial charge in [0, 0.05) is 19.2 Å². The molecule has 0 atom stereocenters. The normalized spacial score (nSPS) is 11.5. The molecule has 1 N–H and O–H groups in total. The molecule has 0 spiro atoms. The third-order valence-electron chi connectivity index (χ3n) is 2.93. The zero-order valence-corrected chi connectivity index (χ0v) is 12.4. The lowest BCUT2D eigenvalue weighted by Gasteiger charge is -2.09. The lowest BCUT2D eigenvalue weighted by atomic mass is 10.1. The third-order valence-corrected chi connectivity index (χ3v) is 4.35. The van der Waals surface area contributed by atoms with E-state index in [1.54, 1.807) is 30.3 Å². The van der Waals surface area contributed by atoms with E-state index in [0.717, 1.165) is 0 Å². The highest BCUT2D eigenvalue weighted by molar-refractivity contribution is 7.89. The maximum Gasteiger partial charge on any atom is 0.240 e. The van der Waals surface area contributed by atoms with Crippen molar-refractivity contribution in [2.75, 3.05) is 7.11 Å². The Labute approximate surface area is 123 Å². The molecule has 2 aromatic rings. The maximum atomic E-state index is 13.5. The molecular formula is C15H16FNO3S. The Morgan fingerprint density at radius 3 is 2.52 bits per heavy atom. The summed E-state index contributed by atoms with van der Waals surface area (Å²) in [6.45, 7) is 0.235. The number of methoxy groups -OCH3 is 1. The van der Waals surface area contributed by atoms with E-state index < -0.39 is 10.0 Å². The first kappa shape index (κ1) is 15.6. The van der Waals surface area contributed by atoms with Crippen LogP contribution < -0.4 is 4.72 Å². The molecular weight excluding hydrogens is 293 g/mol. The molecule has 0 aliphatic rings. The van der Waals surface area contributed by atoms with Crippen LogP contribution in [0.1, 0.15) is 11.1 Å². The summed E-state index contributed by atoms with van der Waals surface area (Å²) in [6.07, 6.45) is 0.